The fraction of sp³-hybridized carbons (Fsp3) is 0.286. The predicted octanol–water partition coefficient (Wildman–Crippen LogP) is 6.34. The minimum Gasteiger partial charge on any atom is -0.320 e. The van der Waals surface area contributed by atoms with Crippen LogP contribution in [0.2, 0.25) is 5.02 Å². The van der Waals surface area contributed by atoms with E-state index in [1.807, 2.05) is 41.3 Å². The largest absolute Gasteiger partial charge is 0.346 e. The molecular weight excluding hydrogens is 458 g/mol. The lowest BCUT2D eigenvalue weighted by Crippen LogP contribution is -2.46. The Labute approximate surface area is 210 Å². The summed E-state index contributed by atoms with van der Waals surface area (Å²) in [5.41, 5.74) is 7.38. The summed E-state index contributed by atoms with van der Waals surface area (Å²) in [5.74, 6) is 0. The lowest BCUT2D eigenvalue weighted by Gasteiger charge is -2.35. The first-order valence-electron chi connectivity index (χ1n) is 12.0. The summed E-state index contributed by atoms with van der Waals surface area (Å²) in [6.45, 7) is 4.88. The van der Waals surface area contributed by atoms with E-state index in [1.54, 1.807) is 18.6 Å². The van der Waals surface area contributed by atoms with Crippen LogP contribution < -0.4 is 0 Å². The Morgan fingerprint density at radius 1 is 1.00 bits per heavy atom. The molecule has 1 amide bonds. The number of nitrogens with zero attached hydrogens (tertiary/aromatic N) is 5. The molecule has 178 valence electrons. The van der Waals surface area contributed by atoms with Gasteiger partial charge in [0.15, 0.2) is 0 Å². The molecule has 1 atom stereocenters. The molecule has 4 aromatic rings. The van der Waals surface area contributed by atoms with Gasteiger partial charge in [-0.25, -0.2) is 4.79 Å². The lowest BCUT2D eigenvalue weighted by atomic mass is 9.95. The number of hydrogen-bond acceptors (Lipinski definition) is 4. The minimum absolute atomic E-state index is 0.119. The van der Waals surface area contributed by atoms with Crippen LogP contribution in [0.3, 0.4) is 0 Å². The van der Waals surface area contributed by atoms with Crippen molar-refractivity contribution in [2.24, 2.45) is 0 Å². The summed E-state index contributed by atoms with van der Waals surface area (Å²) in [7, 11) is 0. The van der Waals surface area contributed by atoms with E-state index in [1.165, 1.54) is 15.8 Å². The maximum absolute atomic E-state index is 13.3. The second-order valence-electron chi connectivity index (χ2n) is 9.23. The van der Waals surface area contributed by atoms with Gasteiger partial charge in [0.1, 0.15) is 5.69 Å². The zero-order valence-electron chi connectivity index (χ0n) is 20.0. The van der Waals surface area contributed by atoms with Crippen molar-refractivity contribution >= 4 is 17.6 Å². The average Bonchev–Trinajstić information content (AvgIpc) is 3.35. The molecule has 1 aliphatic heterocycles. The number of rotatable bonds is 4. The Bertz CT molecular complexity index is 1310. The molecule has 0 spiro atoms. The van der Waals surface area contributed by atoms with Crippen molar-refractivity contribution in [1.29, 1.82) is 0 Å². The number of piperidine rings is 1. The average molecular weight is 486 g/mol. The first-order valence-corrected chi connectivity index (χ1v) is 12.4. The third-order valence-corrected chi connectivity index (χ3v) is 6.97. The van der Waals surface area contributed by atoms with E-state index in [4.69, 9.17) is 11.6 Å². The van der Waals surface area contributed by atoms with E-state index in [9.17, 15) is 4.79 Å². The van der Waals surface area contributed by atoms with Gasteiger partial charge in [0, 0.05) is 35.6 Å². The van der Waals surface area contributed by atoms with E-state index in [0.29, 0.717) is 5.69 Å². The third kappa shape index (κ3) is 4.98. The number of benzene rings is 2. The van der Waals surface area contributed by atoms with E-state index in [2.05, 4.69) is 41.3 Å². The van der Waals surface area contributed by atoms with Crippen molar-refractivity contribution in [3.63, 3.8) is 0 Å². The van der Waals surface area contributed by atoms with E-state index in [0.717, 1.165) is 59.5 Å². The molecule has 5 rings (SSSR count). The standard InChI is InChI=1S/C28H28ClN5O/c1-19-15-24(29)16-20(2)27(19)23-8-6-22(7-9-23)26-18-34(32-31-26)28(35)33-14-4-3-5-25(33)17-21-10-12-30-13-11-21/h6-13,15-16,18,25H,3-5,14,17H2,1-2H3. The van der Waals surface area contributed by atoms with Crippen LogP contribution in [0.15, 0.2) is 67.1 Å². The van der Waals surface area contributed by atoms with Gasteiger partial charge in [-0.3, -0.25) is 4.98 Å². The minimum atomic E-state index is -0.119. The van der Waals surface area contributed by atoms with E-state index in [-0.39, 0.29) is 12.1 Å². The molecule has 6 nitrogen and oxygen atoms in total. The van der Waals surface area contributed by atoms with Crippen LogP contribution in [-0.4, -0.2) is 43.5 Å². The van der Waals surface area contributed by atoms with Crippen LogP contribution in [0.25, 0.3) is 22.4 Å². The summed E-state index contributed by atoms with van der Waals surface area (Å²) in [5, 5.41) is 9.23. The highest BCUT2D eigenvalue weighted by molar-refractivity contribution is 6.30. The van der Waals surface area contributed by atoms with Gasteiger partial charge < -0.3 is 4.90 Å². The van der Waals surface area contributed by atoms with Gasteiger partial charge in [0.25, 0.3) is 0 Å². The van der Waals surface area contributed by atoms with Crippen molar-refractivity contribution in [2.45, 2.75) is 45.6 Å². The van der Waals surface area contributed by atoms with Crippen molar-refractivity contribution in [1.82, 2.24) is 24.9 Å². The third-order valence-electron chi connectivity index (χ3n) is 6.75. The van der Waals surface area contributed by atoms with Crippen LogP contribution in [0.4, 0.5) is 4.79 Å². The molecule has 1 fully saturated rings. The number of hydrogen-bond donors (Lipinski definition) is 0. The molecule has 0 bridgehead atoms. The number of halogens is 1. The lowest BCUT2D eigenvalue weighted by molar-refractivity contribution is 0.149. The second-order valence-corrected chi connectivity index (χ2v) is 9.66. The Morgan fingerprint density at radius 2 is 1.69 bits per heavy atom. The number of aryl methyl sites for hydroxylation is 2. The topological polar surface area (TPSA) is 63.9 Å². The fourth-order valence-corrected chi connectivity index (χ4v) is 5.38. The number of amides is 1. The summed E-state index contributed by atoms with van der Waals surface area (Å²) in [6.07, 6.45) is 9.27. The highest BCUT2D eigenvalue weighted by Crippen LogP contribution is 2.31. The highest BCUT2D eigenvalue weighted by Gasteiger charge is 2.28. The summed E-state index contributed by atoms with van der Waals surface area (Å²) < 4.78 is 1.38. The molecule has 7 heteroatoms. The molecule has 1 saturated heterocycles. The zero-order valence-corrected chi connectivity index (χ0v) is 20.7. The molecule has 0 N–H and O–H groups in total. The number of aromatic nitrogens is 4. The molecule has 1 unspecified atom stereocenters. The predicted molar refractivity (Wildman–Crippen MR) is 138 cm³/mol. The molecule has 0 radical (unpaired) electrons. The summed E-state index contributed by atoms with van der Waals surface area (Å²) in [4.78, 5) is 19.4. The van der Waals surface area contributed by atoms with Crippen molar-refractivity contribution < 1.29 is 4.79 Å². The summed E-state index contributed by atoms with van der Waals surface area (Å²) in [6, 6.07) is 16.2. The van der Waals surface area contributed by atoms with Gasteiger partial charge in [-0.2, -0.15) is 4.68 Å². The van der Waals surface area contributed by atoms with Crippen molar-refractivity contribution in [2.75, 3.05) is 6.54 Å². The molecule has 0 aliphatic carbocycles. The van der Waals surface area contributed by atoms with Gasteiger partial charge in [0.05, 0.1) is 6.20 Å². The zero-order chi connectivity index (χ0) is 24.4. The quantitative estimate of drug-likeness (QED) is 0.338. The van der Waals surface area contributed by atoms with E-state index < -0.39 is 0 Å². The molecule has 35 heavy (non-hydrogen) atoms. The van der Waals surface area contributed by atoms with Crippen LogP contribution in [0.5, 0.6) is 0 Å². The van der Waals surface area contributed by atoms with E-state index >= 15 is 0 Å². The second kappa shape index (κ2) is 10.0. The van der Waals surface area contributed by atoms with Crippen molar-refractivity contribution in [3.05, 3.63) is 88.8 Å². The SMILES string of the molecule is Cc1cc(Cl)cc(C)c1-c1ccc(-c2cn(C(=O)N3CCCCC3Cc3ccncc3)nn2)cc1. The Morgan fingerprint density at radius 3 is 2.40 bits per heavy atom. The van der Waals surface area contributed by atoms with Crippen LogP contribution in [-0.2, 0) is 6.42 Å². The number of pyridine rings is 1. The highest BCUT2D eigenvalue weighted by atomic mass is 35.5. The Kier molecular flexibility index (Phi) is 6.64. The monoisotopic (exact) mass is 485 g/mol. The number of likely N-dealkylation sites (tertiary alicyclic amines) is 1. The number of carbonyl (C=O) groups is 1. The molecule has 0 saturated carbocycles. The van der Waals surface area contributed by atoms with Gasteiger partial charge in [-0.05, 0) is 91.6 Å². The molecule has 2 aromatic carbocycles. The smallest absolute Gasteiger partial charge is 0.320 e. The maximum atomic E-state index is 13.3. The Balaban J connectivity index is 1.34. The van der Waals surface area contributed by atoms with Gasteiger partial charge in [-0.1, -0.05) is 41.1 Å². The van der Waals surface area contributed by atoms with Gasteiger partial charge >= 0.3 is 6.03 Å². The summed E-state index contributed by atoms with van der Waals surface area (Å²) >= 11 is 6.20. The first kappa shape index (κ1) is 23.2. The van der Waals surface area contributed by atoms with Gasteiger partial charge in [0.2, 0.25) is 0 Å². The van der Waals surface area contributed by atoms with Crippen LogP contribution in [0, 0.1) is 13.8 Å². The number of carbonyl (C=O) groups excluding carboxylic acids is 1. The normalized spacial score (nSPS) is 15.9. The van der Waals surface area contributed by atoms with Crippen molar-refractivity contribution in [3.8, 4) is 22.4 Å². The van der Waals surface area contributed by atoms with Crippen LogP contribution >= 0.6 is 11.6 Å². The molecule has 2 aromatic heterocycles. The molecule has 1 aliphatic rings. The first-order chi connectivity index (χ1) is 17.0. The maximum Gasteiger partial charge on any atom is 0.346 e. The van der Waals surface area contributed by atoms with Gasteiger partial charge in [-0.15, -0.1) is 5.10 Å². The van der Waals surface area contributed by atoms with Crippen LogP contribution in [0.1, 0.15) is 36.0 Å². The molecule has 3 heterocycles. The molecular formula is C28H28ClN5O. The Hall–Kier alpha value is -3.51. The fourth-order valence-electron chi connectivity index (χ4n) is 5.05.